The molecule has 2 saturated heterocycles. The predicted molar refractivity (Wildman–Crippen MR) is 131 cm³/mol. The zero-order chi connectivity index (χ0) is 24.2. The van der Waals surface area contributed by atoms with E-state index in [0.717, 1.165) is 30.9 Å². The van der Waals surface area contributed by atoms with Crippen LogP contribution in [0.4, 0.5) is 0 Å². The van der Waals surface area contributed by atoms with E-state index in [-0.39, 0.29) is 17.9 Å². The van der Waals surface area contributed by atoms with Gasteiger partial charge in [0.2, 0.25) is 0 Å². The van der Waals surface area contributed by atoms with E-state index >= 15 is 0 Å². The fourth-order valence-corrected chi connectivity index (χ4v) is 4.57. The van der Waals surface area contributed by atoms with Gasteiger partial charge in [0.1, 0.15) is 11.4 Å². The van der Waals surface area contributed by atoms with Crippen molar-refractivity contribution in [2.45, 2.75) is 6.10 Å². The minimum absolute atomic E-state index is 0.0366. The molecular formula is C26H29N5O4. The number of aromatic nitrogens is 2. The summed E-state index contributed by atoms with van der Waals surface area (Å²) in [5.41, 5.74) is 2.51. The first kappa shape index (κ1) is 23.2. The molecule has 9 nitrogen and oxygen atoms in total. The van der Waals surface area contributed by atoms with E-state index in [1.807, 2.05) is 29.2 Å². The molecule has 0 aliphatic carbocycles. The lowest BCUT2D eigenvalue weighted by molar-refractivity contribution is -0.0401. The van der Waals surface area contributed by atoms with E-state index < -0.39 is 0 Å². The van der Waals surface area contributed by atoms with Crippen LogP contribution in [0.5, 0.6) is 5.75 Å². The summed E-state index contributed by atoms with van der Waals surface area (Å²) >= 11 is 0. The third kappa shape index (κ3) is 5.26. The number of ether oxygens (including phenoxy) is 2. The van der Waals surface area contributed by atoms with Gasteiger partial charge in [-0.25, -0.2) is 4.98 Å². The Morgan fingerprint density at radius 2 is 1.69 bits per heavy atom. The van der Waals surface area contributed by atoms with Crippen molar-refractivity contribution in [2.75, 3.05) is 59.5 Å². The molecule has 0 radical (unpaired) electrons. The van der Waals surface area contributed by atoms with Gasteiger partial charge in [-0.05, 0) is 36.4 Å². The molecule has 2 amide bonds. The van der Waals surface area contributed by atoms with Crippen LogP contribution < -0.4 is 4.74 Å². The molecule has 182 valence electrons. The van der Waals surface area contributed by atoms with Crippen LogP contribution in [0.1, 0.15) is 20.8 Å². The molecule has 1 aromatic heterocycles. The van der Waals surface area contributed by atoms with E-state index in [1.165, 1.54) is 0 Å². The summed E-state index contributed by atoms with van der Waals surface area (Å²) in [6.45, 7) is 5.12. The number of para-hydroxylation sites is 2. The Balaban J connectivity index is 1.14. The van der Waals surface area contributed by atoms with Crippen molar-refractivity contribution >= 4 is 22.8 Å². The summed E-state index contributed by atoms with van der Waals surface area (Å²) in [6, 6.07) is 14.7. The van der Waals surface area contributed by atoms with Crippen molar-refractivity contribution in [1.29, 1.82) is 0 Å². The van der Waals surface area contributed by atoms with Gasteiger partial charge < -0.3 is 19.3 Å². The molecule has 2 aromatic carbocycles. The maximum Gasteiger partial charge on any atom is 0.274 e. The number of amides is 2. The van der Waals surface area contributed by atoms with Gasteiger partial charge in [0.05, 0.1) is 37.1 Å². The van der Waals surface area contributed by atoms with Crippen LogP contribution in [0.25, 0.3) is 11.0 Å². The molecule has 0 spiro atoms. The highest BCUT2D eigenvalue weighted by Crippen LogP contribution is 2.16. The van der Waals surface area contributed by atoms with Crippen LogP contribution in [0.2, 0.25) is 0 Å². The topological polar surface area (TPSA) is 88.1 Å². The minimum atomic E-state index is -0.119. The number of carbonyl (C=O) groups excluding carboxylic acids is 2. The second-order valence-electron chi connectivity index (χ2n) is 8.81. The van der Waals surface area contributed by atoms with E-state index in [0.29, 0.717) is 49.6 Å². The molecule has 35 heavy (non-hydrogen) atoms. The molecule has 1 atom stereocenters. The summed E-state index contributed by atoms with van der Waals surface area (Å²) in [5.74, 6) is 0.653. The van der Waals surface area contributed by atoms with Gasteiger partial charge in [0, 0.05) is 51.4 Å². The average Bonchev–Trinajstić information content (AvgIpc) is 2.92. The minimum Gasteiger partial charge on any atom is -0.497 e. The van der Waals surface area contributed by atoms with Gasteiger partial charge in [0.15, 0.2) is 0 Å². The van der Waals surface area contributed by atoms with Crippen molar-refractivity contribution in [3.63, 3.8) is 0 Å². The fourth-order valence-electron chi connectivity index (χ4n) is 4.57. The highest BCUT2D eigenvalue weighted by atomic mass is 16.5. The Kier molecular flexibility index (Phi) is 6.87. The lowest BCUT2D eigenvalue weighted by Crippen LogP contribution is -2.54. The quantitative estimate of drug-likeness (QED) is 0.557. The second-order valence-corrected chi connectivity index (χ2v) is 8.81. The van der Waals surface area contributed by atoms with Crippen LogP contribution in [0.15, 0.2) is 54.7 Å². The molecule has 5 rings (SSSR count). The summed E-state index contributed by atoms with van der Waals surface area (Å²) in [5, 5.41) is 0. The molecule has 3 heterocycles. The summed E-state index contributed by atoms with van der Waals surface area (Å²) in [6.07, 6.45) is 1.47. The summed E-state index contributed by atoms with van der Waals surface area (Å²) in [7, 11) is 1.61. The fraction of sp³-hybridized carbons (Fsp3) is 0.385. The average molecular weight is 476 g/mol. The molecule has 0 saturated carbocycles. The Labute approximate surface area is 204 Å². The highest BCUT2D eigenvalue weighted by Gasteiger charge is 2.29. The smallest absolute Gasteiger partial charge is 0.274 e. The van der Waals surface area contributed by atoms with Crippen LogP contribution in [-0.4, -0.2) is 102 Å². The van der Waals surface area contributed by atoms with E-state index in [9.17, 15) is 9.59 Å². The third-order valence-electron chi connectivity index (χ3n) is 6.55. The zero-order valence-corrected chi connectivity index (χ0v) is 19.8. The standard InChI is InChI=1S/C26H29N5O4/c1-34-20-8-6-19(7-9-20)25(32)30-12-10-29(11-13-30)17-21-18-31(14-15-35-21)26(33)24-16-27-22-4-2-3-5-23(22)28-24/h2-9,16,21H,10-15,17-18H2,1H3. The number of methoxy groups -OCH3 is 1. The first-order valence-corrected chi connectivity index (χ1v) is 11.9. The monoisotopic (exact) mass is 475 g/mol. The molecule has 3 aromatic rings. The lowest BCUT2D eigenvalue weighted by Gasteiger charge is -2.39. The molecule has 2 aliphatic heterocycles. The van der Waals surface area contributed by atoms with Crippen molar-refractivity contribution in [2.24, 2.45) is 0 Å². The number of carbonyl (C=O) groups is 2. The number of benzene rings is 2. The molecule has 1 unspecified atom stereocenters. The molecular weight excluding hydrogens is 446 g/mol. The SMILES string of the molecule is COc1ccc(C(=O)N2CCN(CC3CN(C(=O)c4cnc5ccccc5n4)CCO3)CC2)cc1. The first-order chi connectivity index (χ1) is 17.1. The molecule has 2 aliphatic rings. The zero-order valence-electron chi connectivity index (χ0n) is 19.8. The van der Waals surface area contributed by atoms with Crippen LogP contribution in [0.3, 0.4) is 0 Å². The summed E-state index contributed by atoms with van der Waals surface area (Å²) < 4.78 is 11.1. The summed E-state index contributed by atoms with van der Waals surface area (Å²) in [4.78, 5) is 40.8. The third-order valence-corrected chi connectivity index (χ3v) is 6.55. The number of nitrogens with zero attached hydrogens (tertiary/aromatic N) is 5. The van der Waals surface area contributed by atoms with Gasteiger partial charge >= 0.3 is 0 Å². The Hall–Kier alpha value is -3.56. The van der Waals surface area contributed by atoms with Crippen LogP contribution in [0, 0.1) is 0 Å². The van der Waals surface area contributed by atoms with Crippen molar-refractivity contribution in [3.8, 4) is 5.75 Å². The molecule has 0 N–H and O–H groups in total. The Bertz CT molecular complexity index is 1190. The maximum absolute atomic E-state index is 13.1. The van der Waals surface area contributed by atoms with Crippen LogP contribution in [-0.2, 0) is 4.74 Å². The van der Waals surface area contributed by atoms with Crippen molar-refractivity contribution < 1.29 is 19.1 Å². The first-order valence-electron chi connectivity index (χ1n) is 11.9. The van der Waals surface area contributed by atoms with Crippen molar-refractivity contribution in [1.82, 2.24) is 24.7 Å². The second kappa shape index (κ2) is 10.4. The van der Waals surface area contributed by atoms with Gasteiger partial charge in [-0.3, -0.25) is 19.5 Å². The lowest BCUT2D eigenvalue weighted by atomic mass is 10.1. The van der Waals surface area contributed by atoms with E-state index in [4.69, 9.17) is 9.47 Å². The van der Waals surface area contributed by atoms with Crippen LogP contribution >= 0.6 is 0 Å². The van der Waals surface area contributed by atoms with Gasteiger partial charge in [-0.15, -0.1) is 0 Å². The van der Waals surface area contributed by atoms with Gasteiger partial charge in [-0.2, -0.15) is 0 Å². The number of hydrogen-bond acceptors (Lipinski definition) is 7. The van der Waals surface area contributed by atoms with Crippen molar-refractivity contribution in [3.05, 3.63) is 66.0 Å². The van der Waals surface area contributed by atoms with Gasteiger partial charge in [-0.1, -0.05) is 12.1 Å². The number of fused-ring (bicyclic) bond motifs is 1. The normalized spacial score (nSPS) is 19.1. The Morgan fingerprint density at radius 1 is 0.943 bits per heavy atom. The predicted octanol–water partition coefficient (Wildman–Crippen LogP) is 1.94. The largest absolute Gasteiger partial charge is 0.497 e. The Morgan fingerprint density at radius 3 is 2.43 bits per heavy atom. The molecule has 0 bridgehead atoms. The molecule has 9 heteroatoms. The van der Waals surface area contributed by atoms with Gasteiger partial charge in [0.25, 0.3) is 11.8 Å². The maximum atomic E-state index is 13.1. The number of morpholine rings is 1. The van der Waals surface area contributed by atoms with E-state index in [1.54, 1.807) is 42.5 Å². The number of hydrogen-bond donors (Lipinski definition) is 0. The number of rotatable bonds is 5. The highest BCUT2D eigenvalue weighted by molar-refractivity contribution is 5.94. The number of piperazine rings is 1. The molecule has 2 fully saturated rings. The van der Waals surface area contributed by atoms with E-state index in [2.05, 4.69) is 14.9 Å².